The molecule has 0 fully saturated rings. The highest BCUT2D eigenvalue weighted by Crippen LogP contribution is 2.01. The average Bonchev–Trinajstić information content (AvgIpc) is 2.32. The Bertz CT molecular complexity index is 194. The molecule has 2 N–H and O–H groups in total. The maximum atomic E-state index is 5.26. The molecular weight excluding hydrogens is 349 g/mol. The summed E-state index contributed by atoms with van der Waals surface area (Å²) in [6.07, 6.45) is 3.12. The molecule has 0 aromatic heterocycles. The maximum absolute atomic E-state index is 5.26. The van der Waals surface area contributed by atoms with Crippen molar-refractivity contribution >= 4 is 41.7 Å². The van der Waals surface area contributed by atoms with E-state index in [0.717, 1.165) is 38.7 Å². The molecule has 4 nitrogen and oxygen atoms in total. The number of hydrogen-bond donors (Lipinski definition) is 2. The Morgan fingerprint density at radius 1 is 1.41 bits per heavy atom. The standard InChI is InChI=1S/C11H25N3OS.HI/c1-5-15-8-6-7-13-11(12-3)14-9-10(2)16-4;/h10H,5-9H2,1-4H3,(H2,12,13,14);1H. The molecule has 1 atom stereocenters. The van der Waals surface area contributed by atoms with E-state index in [-0.39, 0.29) is 24.0 Å². The number of hydrogen-bond acceptors (Lipinski definition) is 3. The van der Waals surface area contributed by atoms with E-state index in [4.69, 9.17) is 4.74 Å². The summed E-state index contributed by atoms with van der Waals surface area (Å²) in [6, 6.07) is 0. The first-order valence-corrected chi connectivity index (χ1v) is 7.08. The third kappa shape index (κ3) is 12.6. The minimum absolute atomic E-state index is 0. The fourth-order valence-corrected chi connectivity index (χ4v) is 1.32. The Kier molecular flexibility index (Phi) is 16.6. The monoisotopic (exact) mass is 375 g/mol. The molecule has 0 aliphatic rings. The van der Waals surface area contributed by atoms with Gasteiger partial charge in [-0.15, -0.1) is 24.0 Å². The highest BCUT2D eigenvalue weighted by molar-refractivity contribution is 14.0. The van der Waals surface area contributed by atoms with E-state index < -0.39 is 0 Å². The molecule has 104 valence electrons. The van der Waals surface area contributed by atoms with Crippen LogP contribution in [0.25, 0.3) is 0 Å². The lowest BCUT2D eigenvalue weighted by Crippen LogP contribution is -2.40. The van der Waals surface area contributed by atoms with Crippen molar-refractivity contribution in [1.29, 1.82) is 0 Å². The van der Waals surface area contributed by atoms with Crippen LogP contribution in [-0.4, -0.2) is 50.8 Å². The van der Waals surface area contributed by atoms with Crippen molar-refractivity contribution in [3.05, 3.63) is 0 Å². The van der Waals surface area contributed by atoms with Gasteiger partial charge >= 0.3 is 0 Å². The van der Waals surface area contributed by atoms with Crippen LogP contribution in [0.15, 0.2) is 4.99 Å². The van der Waals surface area contributed by atoms with Crippen LogP contribution in [-0.2, 0) is 4.74 Å². The Balaban J connectivity index is 0. The van der Waals surface area contributed by atoms with Crippen LogP contribution < -0.4 is 10.6 Å². The number of guanidine groups is 1. The van der Waals surface area contributed by atoms with Crippen LogP contribution in [0.4, 0.5) is 0 Å². The van der Waals surface area contributed by atoms with Gasteiger partial charge in [-0.2, -0.15) is 11.8 Å². The van der Waals surface area contributed by atoms with E-state index in [9.17, 15) is 0 Å². The summed E-state index contributed by atoms with van der Waals surface area (Å²) in [5, 5.41) is 7.14. The molecule has 0 bridgehead atoms. The van der Waals surface area contributed by atoms with Gasteiger partial charge in [-0.05, 0) is 19.6 Å². The molecular formula is C11H26IN3OS. The average molecular weight is 375 g/mol. The van der Waals surface area contributed by atoms with E-state index in [1.54, 1.807) is 7.05 Å². The minimum atomic E-state index is 0. The molecule has 0 heterocycles. The van der Waals surface area contributed by atoms with Crippen molar-refractivity contribution in [3.63, 3.8) is 0 Å². The van der Waals surface area contributed by atoms with E-state index in [1.165, 1.54) is 0 Å². The van der Waals surface area contributed by atoms with Crippen LogP contribution in [0.5, 0.6) is 0 Å². The molecule has 0 saturated heterocycles. The second-order valence-electron chi connectivity index (χ2n) is 3.48. The summed E-state index contributed by atoms with van der Waals surface area (Å²) in [4.78, 5) is 4.16. The molecule has 0 aromatic carbocycles. The van der Waals surface area contributed by atoms with Crippen LogP contribution in [0.2, 0.25) is 0 Å². The number of nitrogens with zero attached hydrogens (tertiary/aromatic N) is 1. The molecule has 0 amide bonds. The summed E-state index contributed by atoms with van der Waals surface area (Å²) < 4.78 is 5.26. The Labute approximate surface area is 127 Å². The first kappa shape index (κ1) is 19.6. The van der Waals surface area contributed by atoms with Gasteiger partial charge in [-0.3, -0.25) is 4.99 Å². The van der Waals surface area contributed by atoms with Crippen LogP contribution in [0.1, 0.15) is 20.3 Å². The van der Waals surface area contributed by atoms with Crippen molar-refractivity contribution in [2.24, 2.45) is 4.99 Å². The summed E-state index contributed by atoms with van der Waals surface area (Å²) in [6.45, 7) is 7.64. The van der Waals surface area contributed by atoms with Crippen molar-refractivity contribution in [1.82, 2.24) is 10.6 Å². The Hall–Kier alpha value is 0.310. The number of ether oxygens (including phenoxy) is 1. The molecule has 0 aliphatic heterocycles. The molecule has 1 unspecified atom stereocenters. The fourth-order valence-electron chi connectivity index (χ4n) is 1.07. The Morgan fingerprint density at radius 3 is 2.65 bits per heavy atom. The molecule has 0 rings (SSSR count). The van der Waals surface area contributed by atoms with Crippen LogP contribution in [0, 0.1) is 0 Å². The van der Waals surface area contributed by atoms with Gasteiger partial charge in [0.2, 0.25) is 0 Å². The van der Waals surface area contributed by atoms with Crippen molar-refractivity contribution in [2.45, 2.75) is 25.5 Å². The maximum Gasteiger partial charge on any atom is 0.191 e. The van der Waals surface area contributed by atoms with Crippen LogP contribution >= 0.6 is 35.7 Å². The minimum Gasteiger partial charge on any atom is -0.382 e. The molecule has 6 heteroatoms. The highest BCUT2D eigenvalue weighted by Gasteiger charge is 2.01. The molecule has 0 spiro atoms. The third-order valence-electron chi connectivity index (χ3n) is 2.14. The number of halogens is 1. The highest BCUT2D eigenvalue weighted by atomic mass is 127. The normalized spacial score (nSPS) is 12.8. The lowest BCUT2D eigenvalue weighted by Gasteiger charge is -2.14. The topological polar surface area (TPSA) is 45.6 Å². The SMILES string of the molecule is CCOCCCNC(=NC)NCC(C)SC.I. The van der Waals surface area contributed by atoms with Crippen molar-refractivity contribution < 1.29 is 4.74 Å². The smallest absolute Gasteiger partial charge is 0.191 e. The zero-order valence-electron chi connectivity index (χ0n) is 11.3. The number of rotatable bonds is 8. The second-order valence-corrected chi connectivity index (χ2v) is 4.75. The van der Waals surface area contributed by atoms with Crippen molar-refractivity contribution in [3.8, 4) is 0 Å². The second kappa shape index (κ2) is 14.4. The Morgan fingerprint density at radius 2 is 2.12 bits per heavy atom. The summed E-state index contributed by atoms with van der Waals surface area (Å²) >= 11 is 1.85. The fraction of sp³-hybridized carbons (Fsp3) is 0.909. The van der Waals surface area contributed by atoms with Gasteiger partial charge < -0.3 is 15.4 Å². The predicted octanol–water partition coefficient (Wildman–Crippen LogP) is 1.95. The van der Waals surface area contributed by atoms with Gasteiger partial charge in [0.05, 0.1) is 0 Å². The van der Waals surface area contributed by atoms with E-state index >= 15 is 0 Å². The number of aliphatic imine (C=N–C) groups is 1. The molecule has 0 saturated carbocycles. The summed E-state index contributed by atoms with van der Waals surface area (Å²) in [5.74, 6) is 0.873. The predicted molar refractivity (Wildman–Crippen MR) is 88.9 cm³/mol. The van der Waals surface area contributed by atoms with E-state index in [0.29, 0.717) is 5.25 Å². The molecule has 0 radical (unpaired) electrons. The van der Waals surface area contributed by atoms with Gasteiger partial charge in [0.25, 0.3) is 0 Å². The first-order valence-electron chi connectivity index (χ1n) is 5.79. The van der Waals surface area contributed by atoms with Gasteiger partial charge in [-0.25, -0.2) is 0 Å². The first-order chi connectivity index (χ1) is 7.74. The molecule has 0 aliphatic carbocycles. The van der Waals surface area contributed by atoms with E-state index in [1.807, 2.05) is 18.7 Å². The molecule has 17 heavy (non-hydrogen) atoms. The lowest BCUT2D eigenvalue weighted by molar-refractivity contribution is 0.145. The van der Waals surface area contributed by atoms with Crippen molar-refractivity contribution in [2.75, 3.05) is 39.6 Å². The molecule has 0 aromatic rings. The largest absolute Gasteiger partial charge is 0.382 e. The van der Waals surface area contributed by atoms with Gasteiger partial charge in [-0.1, -0.05) is 6.92 Å². The summed E-state index contributed by atoms with van der Waals surface area (Å²) in [5.41, 5.74) is 0. The van der Waals surface area contributed by atoms with Crippen LogP contribution in [0.3, 0.4) is 0 Å². The quantitative estimate of drug-likeness (QED) is 0.295. The lowest BCUT2D eigenvalue weighted by atomic mass is 10.4. The number of thioether (sulfide) groups is 1. The zero-order chi connectivity index (χ0) is 12.2. The number of nitrogens with one attached hydrogen (secondary N) is 2. The third-order valence-corrected chi connectivity index (χ3v) is 3.12. The zero-order valence-corrected chi connectivity index (χ0v) is 14.4. The van der Waals surface area contributed by atoms with E-state index in [2.05, 4.69) is 28.8 Å². The van der Waals surface area contributed by atoms with Gasteiger partial charge in [0.15, 0.2) is 5.96 Å². The van der Waals surface area contributed by atoms with Gasteiger partial charge in [0.1, 0.15) is 0 Å². The van der Waals surface area contributed by atoms with Gasteiger partial charge in [0, 0.05) is 38.6 Å². The summed E-state index contributed by atoms with van der Waals surface area (Å²) in [7, 11) is 1.79.